The van der Waals surface area contributed by atoms with Gasteiger partial charge in [0, 0.05) is 12.0 Å². The second-order valence-electron chi connectivity index (χ2n) is 6.10. The highest BCUT2D eigenvalue weighted by molar-refractivity contribution is 5.86. The Bertz CT molecular complexity index is 742. The Labute approximate surface area is 143 Å². The monoisotopic (exact) mass is 324 g/mol. The molecule has 0 atom stereocenters. The van der Waals surface area contributed by atoms with E-state index in [1.807, 2.05) is 24.3 Å². The molecule has 0 heterocycles. The van der Waals surface area contributed by atoms with Crippen molar-refractivity contribution >= 4 is 5.97 Å². The number of rotatable bonds is 6. The van der Waals surface area contributed by atoms with Crippen LogP contribution >= 0.6 is 0 Å². The van der Waals surface area contributed by atoms with Crippen LogP contribution in [0.5, 0.6) is 0 Å². The van der Waals surface area contributed by atoms with Crippen LogP contribution in [-0.2, 0) is 22.6 Å². The number of aliphatic hydroxyl groups excluding tert-OH is 1. The number of hydrogen-bond donors (Lipinski definition) is 1. The molecule has 3 nitrogen and oxygen atoms in total. The van der Waals surface area contributed by atoms with E-state index in [0.717, 1.165) is 16.7 Å². The highest BCUT2D eigenvalue weighted by atomic mass is 16.5. The maximum absolute atomic E-state index is 11.5. The normalized spacial score (nSPS) is 10.5. The summed E-state index contributed by atoms with van der Waals surface area (Å²) >= 11 is 0. The van der Waals surface area contributed by atoms with E-state index in [9.17, 15) is 4.79 Å². The number of carbonyl (C=O) groups is 1. The van der Waals surface area contributed by atoms with Crippen molar-refractivity contribution in [3.05, 3.63) is 70.8 Å². The second kappa shape index (κ2) is 7.93. The first-order valence-electron chi connectivity index (χ1n) is 8.05. The summed E-state index contributed by atoms with van der Waals surface area (Å²) in [4.78, 5) is 11.5. The van der Waals surface area contributed by atoms with E-state index in [-0.39, 0.29) is 12.6 Å². The molecule has 2 aromatic carbocycles. The zero-order valence-corrected chi connectivity index (χ0v) is 14.6. The fraction of sp³-hybridized carbons (Fsp3) is 0.286. The average molecular weight is 324 g/mol. The zero-order chi connectivity index (χ0) is 17.7. The van der Waals surface area contributed by atoms with Crippen LogP contribution in [0.15, 0.2) is 48.6 Å². The maximum atomic E-state index is 11.5. The highest BCUT2D eigenvalue weighted by Crippen LogP contribution is 2.26. The summed E-state index contributed by atoms with van der Waals surface area (Å²) in [6, 6.07) is 12.2. The van der Waals surface area contributed by atoms with E-state index in [0.29, 0.717) is 18.6 Å². The quantitative estimate of drug-likeness (QED) is 0.642. The van der Waals surface area contributed by atoms with Crippen molar-refractivity contribution < 1.29 is 14.6 Å². The molecule has 0 radical (unpaired) electrons. The fourth-order valence-electron chi connectivity index (χ4n) is 2.54. The lowest BCUT2D eigenvalue weighted by molar-refractivity contribution is -0.138. The van der Waals surface area contributed by atoms with Gasteiger partial charge in [0.1, 0.15) is 0 Å². The van der Waals surface area contributed by atoms with Gasteiger partial charge in [-0.25, -0.2) is 4.79 Å². The lowest BCUT2D eigenvalue weighted by Crippen LogP contribution is -2.09. The van der Waals surface area contributed by atoms with Crippen LogP contribution in [0.4, 0.5) is 0 Å². The third-order valence-corrected chi connectivity index (χ3v) is 4.20. The SMILES string of the molecule is C=C(C)C(=O)OCCc1cc(-c2ccc(CO)cc2)cc(C)c1C. The number of aliphatic hydroxyl groups is 1. The highest BCUT2D eigenvalue weighted by Gasteiger charge is 2.08. The van der Waals surface area contributed by atoms with Gasteiger partial charge in [0.05, 0.1) is 13.2 Å². The number of aryl methyl sites for hydroxylation is 1. The van der Waals surface area contributed by atoms with Crippen molar-refractivity contribution in [2.75, 3.05) is 6.61 Å². The standard InChI is InChI=1S/C21H24O3/c1-14(2)21(23)24-10-9-19-12-20(11-15(3)16(19)4)18-7-5-17(13-22)6-8-18/h5-8,11-12,22H,1,9-10,13H2,2-4H3. The summed E-state index contributed by atoms with van der Waals surface area (Å²) in [5.74, 6) is -0.347. The Kier molecular flexibility index (Phi) is 5.93. The van der Waals surface area contributed by atoms with Crippen molar-refractivity contribution in [1.82, 2.24) is 0 Å². The van der Waals surface area contributed by atoms with Gasteiger partial charge in [-0.3, -0.25) is 0 Å². The molecule has 0 saturated heterocycles. The molecule has 0 aliphatic carbocycles. The predicted octanol–water partition coefficient (Wildman–Crippen LogP) is 4.12. The Hall–Kier alpha value is -2.39. The molecule has 0 aromatic heterocycles. The Balaban J connectivity index is 2.20. The molecule has 0 spiro atoms. The van der Waals surface area contributed by atoms with Gasteiger partial charge >= 0.3 is 5.97 Å². The Morgan fingerprint density at radius 2 is 1.79 bits per heavy atom. The largest absolute Gasteiger partial charge is 0.462 e. The molecule has 0 unspecified atom stereocenters. The summed E-state index contributed by atoms with van der Waals surface area (Å²) in [6.45, 7) is 9.80. The van der Waals surface area contributed by atoms with Crippen molar-refractivity contribution in [2.45, 2.75) is 33.8 Å². The van der Waals surface area contributed by atoms with E-state index < -0.39 is 0 Å². The van der Waals surface area contributed by atoms with Crippen LogP contribution in [0.25, 0.3) is 11.1 Å². The van der Waals surface area contributed by atoms with Crippen LogP contribution < -0.4 is 0 Å². The third-order valence-electron chi connectivity index (χ3n) is 4.20. The molecule has 0 aliphatic rings. The number of esters is 1. The lowest BCUT2D eigenvalue weighted by atomic mass is 9.94. The fourth-order valence-corrected chi connectivity index (χ4v) is 2.54. The van der Waals surface area contributed by atoms with E-state index in [1.165, 1.54) is 16.7 Å². The molecule has 0 amide bonds. The number of carbonyl (C=O) groups excluding carboxylic acids is 1. The Morgan fingerprint density at radius 3 is 2.38 bits per heavy atom. The Morgan fingerprint density at radius 1 is 1.12 bits per heavy atom. The molecule has 0 bridgehead atoms. The summed E-state index contributed by atoms with van der Waals surface area (Å²) in [5.41, 5.74) is 7.15. The van der Waals surface area contributed by atoms with E-state index in [4.69, 9.17) is 9.84 Å². The minimum absolute atomic E-state index is 0.0482. The maximum Gasteiger partial charge on any atom is 0.333 e. The van der Waals surface area contributed by atoms with Crippen LogP contribution in [0.3, 0.4) is 0 Å². The molecular formula is C21H24O3. The number of hydrogen-bond acceptors (Lipinski definition) is 3. The van der Waals surface area contributed by atoms with Gasteiger partial charge in [0.2, 0.25) is 0 Å². The van der Waals surface area contributed by atoms with E-state index >= 15 is 0 Å². The van der Waals surface area contributed by atoms with Gasteiger partial charge < -0.3 is 9.84 Å². The molecule has 1 N–H and O–H groups in total. The molecular weight excluding hydrogens is 300 g/mol. The lowest BCUT2D eigenvalue weighted by Gasteiger charge is -2.13. The first-order chi connectivity index (χ1) is 11.4. The summed E-state index contributed by atoms with van der Waals surface area (Å²) in [7, 11) is 0. The first-order valence-corrected chi connectivity index (χ1v) is 8.05. The van der Waals surface area contributed by atoms with Gasteiger partial charge in [-0.2, -0.15) is 0 Å². The molecule has 3 heteroatoms. The van der Waals surface area contributed by atoms with Gasteiger partial charge in [-0.15, -0.1) is 0 Å². The van der Waals surface area contributed by atoms with Crippen molar-refractivity contribution in [3.63, 3.8) is 0 Å². The van der Waals surface area contributed by atoms with Crippen LogP contribution in [0, 0.1) is 13.8 Å². The number of ether oxygens (including phenoxy) is 1. The van der Waals surface area contributed by atoms with Crippen LogP contribution in [0.2, 0.25) is 0 Å². The molecule has 0 fully saturated rings. The van der Waals surface area contributed by atoms with Crippen molar-refractivity contribution in [1.29, 1.82) is 0 Å². The van der Waals surface area contributed by atoms with Crippen LogP contribution in [-0.4, -0.2) is 17.7 Å². The number of benzene rings is 2. The summed E-state index contributed by atoms with van der Waals surface area (Å²) in [6.07, 6.45) is 0.675. The molecule has 126 valence electrons. The predicted molar refractivity (Wildman–Crippen MR) is 96.8 cm³/mol. The minimum atomic E-state index is -0.347. The molecule has 24 heavy (non-hydrogen) atoms. The van der Waals surface area contributed by atoms with Gasteiger partial charge in [-0.05, 0) is 54.2 Å². The second-order valence-corrected chi connectivity index (χ2v) is 6.10. The topological polar surface area (TPSA) is 46.5 Å². The van der Waals surface area contributed by atoms with Crippen molar-refractivity contribution in [2.24, 2.45) is 0 Å². The third kappa shape index (κ3) is 4.33. The van der Waals surface area contributed by atoms with Gasteiger partial charge in [0.25, 0.3) is 0 Å². The molecule has 0 saturated carbocycles. The van der Waals surface area contributed by atoms with Gasteiger partial charge in [-0.1, -0.05) is 43.0 Å². The molecule has 0 aliphatic heterocycles. The van der Waals surface area contributed by atoms with E-state index in [1.54, 1.807) is 6.92 Å². The summed E-state index contributed by atoms with van der Waals surface area (Å²) in [5, 5.41) is 9.16. The smallest absolute Gasteiger partial charge is 0.333 e. The van der Waals surface area contributed by atoms with Gasteiger partial charge in [0.15, 0.2) is 0 Å². The average Bonchev–Trinajstić information content (AvgIpc) is 2.58. The van der Waals surface area contributed by atoms with Crippen LogP contribution in [0.1, 0.15) is 29.2 Å². The summed E-state index contributed by atoms with van der Waals surface area (Å²) < 4.78 is 5.21. The van der Waals surface area contributed by atoms with E-state index in [2.05, 4.69) is 32.6 Å². The molecule has 2 aromatic rings. The molecule has 2 rings (SSSR count). The first kappa shape index (κ1) is 18.0. The zero-order valence-electron chi connectivity index (χ0n) is 14.6. The van der Waals surface area contributed by atoms with Crippen molar-refractivity contribution in [3.8, 4) is 11.1 Å². The minimum Gasteiger partial charge on any atom is -0.462 e.